The van der Waals surface area contributed by atoms with Crippen LogP contribution in [0.15, 0.2) is 71.6 Å². The molecule has 0 fully saturated rings. The largest absolute Gasteiger partial charge is 0.484 e. The molecule has 7 heteroatoms. The van der Waals surface area contributed by atoms with Gasteiger partial charge in [0.05, 0.1) is 4.90 Å². The fourth-order valence-corrected chi connectivity index (χ4v) is 3.45. The van der Waals surface area contributed by atoms with Gasteiger partial charge in [0.1, 0.15) is 5.75 Å². The molecule has 0 spiro atoms. The van der Waals surface area contributed by atoms with E-state index in [0.717, 1.165) is 16.7 Å². The van der Waals surface area contributed by atoms with E-state index in [4.69, 9.17) is 9.88 Å². The molecule has 0 aliphatic rings. The first-order chi connectivity index (χ1) is 13.7. The number of carbonyl (C=O) groups excluding carboxylic acids is 1. The van der Waals surface area contributed by atoms with Crippen molar-refractivity contribution in [3.63, 3.8) is 0 Å². The summed E-state index contributed by atoms with van der Waals surface area (Å²) in [5, 5.41) is 7.89. The lowest BCUT2D eigenvalue weighted by atomic mass is 10.1. The molecule has 3 rings (SSSR count). The SMILES string of the molecule is Cc1cc(S(N)(=O)=O)cc(NC(=O)COc2ccc(-c3ccccc3)cc2)c1C. The van der Waals surface area contributed by atoms with Crippen LogP contribution in [-0.2, 0) is 14.8 Å². The number of nitrogens with one attached hydrogen (secondary N) is 1. The summed E-state index contributed by atoms with van der Waals surface area (Å²) in [5.74, 6) is 0.164. The van der Waals surface area contributed by atoms with Crippen molar-refractivity contribution in [2.24, 2.45) is 5.14 Å². The predicted octanol–water partition coefficient (Wildman–Crippen LogP) is 3.64. The molecule has 0 saturated heterocycles. The van der Waals surface area contributed by atoms with Gasteiger partial charge in [-0.1, -0.05) is 42.5 Å². The van der Waals surface area contributed by atoms with Crippen LogP contribution < -0.4 is 15.2 Å². The normalized spacial score (nSPS) is 11.1. The summed E-state index contributed by atoms with van der Waals surface area (Å²) in [6.45, 7) is 3.34. The lowest BCUT2D eigenvalue weighted by Crippen LogP contribution is -2.21. The number of benzene rings is 3. The fraction of sp³-hybridized carbons (Fsp3) is 0.136. The monoisotopic (exact) mass is 410 g/mol. The van der Waals surface area contributed by atoms with Gasteiger partial charge in [0.15, 0.2) is 6.61 Å². The zero-order valence-corrected chi connectivity index (χ0v) is 17.0. The number of primary sulfonamides is 1. The van der Waals surface area contributed by atoms with Crippen molar-refractivity contribution < 1.29 is 17.9 Å². The number of anilines is 1. The summed E-state index contributed by atoms with van der Waals surface area (Å²) in [7, 11) is -3.87. The second-order valence-corrected chi connectivity index (χ2v) is 8.25. The summed E-state index contributed by atoms with van der Waals surface area (Å²) < 4.78 is 28.8. The smallest absolute Gasteiger partial charge is 0.262 e. The first-order valence-electron chi connectivity index (χ1n) is 8.96. The van der Waals surface area contributed by atoms with Gasteiger partial charge in [-0.05, 0) is 60.4 Å². The molecule has 3 aromatic carbocycles. The average Bonchev–Trinajstić information content (AvgIpc) is 2.70. The van der Waals surface area contributed by atoms with Crippen molar-refractivity contribution in [3.8, 4) is 16.9 Å². The zero-order chi connectivity index (χ0) is 21.0. The molecular formula is C22H22N2O4S. The molecule has 29 heavy (non-hydrogen) atoms. The number of ether oxygens (including phenoxy) is 1. The maximum absolute atomic E-state index is 12.3. The molecule has 0 aromatic heterocycles. The molecule has 6 nitrogen and oxygen atoms in total. The predicted molar refractivity (Wildman–Crippen MR) is 113 cm³/mol. The highest BCUT2D eigenvalue weighted by molar-refractivity contribution is 7.89. The molecule has 0 bridgehead atoms. The molecule has 3 N–H and O–H groups in total. The van der Waals surface area contributed by atoms with Crippen molar-refractivity contribution in [2.75, 3.05) is 11.9 Å². The second-order valence-electron chi connectivity index (χ2n) is 6.68. The van der Waals surface area contributed by atoms with Crippen LogP contribution >= 0.6 is 0 Å². The maximum Gasteiger partial charge on any atom is 0.262 e. The van der Waals surface area contributed by atoms with Crippen LogP contribution in [-0.4, -0.2) is 20.9 Å². The lowest BCUT2D eigenvalue weighted by Gasteiger charge is -2.13. The zero-order valence-electron chi connectivity index (χ0n) is 16.2. The molecule has 0 atom stereocenters. The van der Waals surface area contributed by atoms with Crippen LogP contribution in [0.2, 0.25) is 0 Å². The molecule has 0 aliphatic carbocycles. The van der Waals surface area contributed by atoms with Gasteiger partial charge in [-0.25, -0.2) is 13.6 Å². The standard InChI is InChI=1S/C22H22N2O4S/c1-15-12-20(29(23,26)27)13-21(16(15)2)24-22(25)14-28-19-10-8-18(9-11-19)17-6-4-3-5-7-17/h3-13H,14H2,1-2H3,(H,24,25)(H2,23,26,27). The van der Waals surface area contributed by atoms with Gasteiger partial charge in [-0.15, -0.1) is 0 Å². The maximum atomic E-state index is 12.3. The Kier molecular flexibility index (Phi) is 6.00. The molecule has 0 radical (unpaired) electrons. The van der Waals surface area contributed by atoms with E-state index in [1.54, 1.807) is 26.0 Å². The van der Waals surface area contributed by atoms with Gasteiger partial charge in [0, 0.05) is 5.69 Å². The van der Waals surface area contributed by atoms with E-state index in [0.29, 0.717) is 17.0 Å². The van der Waals surface area contributed by atoms with E-state index in [-0.39, 0.29) is 11.5 Å². The van der Waals surface area contributed by atoms with Gasteiger partial charge in [0.2, 0.25) is 10.0 Å². The first-order valence-corrected chi connectivity index (χ1v) is 10.5. The summed E-state index contributed by atoms with van der Waals surface area (Å²) in [4.78, 5) is 12.2. The third-order valence-electron chi connectivity index (χ3n) is 4.57. The van der Waals surface area contributed by atoms with Crippen molar-refractivity contribution in [1.29, 1.82) is 0 Å². The summed E-state index contributed by atoms with van der Waals surface area (Å²) in [6.07, 6.45) is 0. The molecule has 0 unspecified atom stereocenters. The van der Waals surface area contributed by atoms with E-state index >= 15 is 0 Å². The van der Waals surface area contributed by atoms with Crippen LogP contribution in [0.3, 0.4) is 0 Å². The third-order valence-corrected chi connectivity index (χ3v) is 5.47. The minimum atomic E-state index is -3.87. The first kappa shape index (κ1) is 20.6. The van der Waals surface area contributed by atoms with Crippen LogP contribution in [0, 0.1) is 13.8 Å². The number of nitrogens with two attached hydrogens (primary N) is 1. The van der Waals surface area contributed by atoms with Gasteiger partial charge in [0.25, 0.3) is 5.91 Å². The van der Waals surface area contributed by atoms with Crippen LogP contribution in [0.5, 0.6) is 5.75 Å². The highest BCUT2D eigenvalue weighted by Gasteiger charge is 2.14. The number of amides is 1. The topological polar surface area (TPSA) is 98.5 Å². The van der Waals surface area contributed by atoms with E-state index in [1.165, 1.54) is 12.1 Å². The molecule has 1 amide bonds. The molecule has 0 aliphatic heterocycles. The lowest BCUT2D eigenvalue weighted by molar-refractivity contribution is -0.118. The molecule has 0 saturated carbocycles. The number of hydrogen-bond donors (Lipinski definition) is 2. The van der Waals surface area contributed by atoms with Crippen molar-refractivity contribution in [1.82, 2.24) is 0 Å². The fourth-order valence-electron chi connectivity index (χ4n) is 2.83. The Labute approximate surface area is 170 Å². The van der Waals surface area contributed by atoms with Crippen LogP contribution in [0.1, 0.15) is 11.1 Å². The minimum Gasteiger partial charge on any atom is -0.484 e. The van der Waals surface area contributed by atoms with Crippen LogP contribution in [0.4, 0.5) is 5.69 Å². The molecule has 150 valence electrons. The quantitative estimate of drug-likeness (QED) is 0.648. The summed E-state index contributed by atoms with van der Waals surface area (Å²) in [5.41, 5.74) is 4.01. The Bertz CT molecular complexity index is 1130. The van der Waals surface area contributed by atoms with Gasteiger partial charge < -0.3 is 10.1 Å². The van der Waals surface area contributed by atoms with Gasteiger partial charge in [-0.2, -0.15) is 0 Å². The Balaban J connectivity index is 1.65. The number of hydrogen-bond acceptors (Lipinski definition) is 4. The van der Waals surface area contributed by atoms with Gasteiger partial charge >= 0.3 is 0 Å². The van der Waals surface area contributed by atoms with Crippen molar-refractivity contribution >= 4 is 21.6 Å². The number of sulfonamides is 1. The van der Waals surface area contributed by atoms with Crippen LogP contribution in [0.25, 0.3) is 11.1 Å². The number of carbonyl (C=O) groups is 1. The Morgan fingerprint density at radius 3 is 2.21 bits per heavy atom. The summed E-state index contributed by atoms with van der Waals surface area (Å²) >= 11 is 0. The van der Waals surface area contributed by atoms with E-state index in [2.05, 4.69) is 5.32 Å². The van der Waals surface area contributed by atoms with E-state index in [9.17, 15) is 13.2 Å². The van der Waals surface area contributed by atoms with E-state index < -0.39 is 15.9 Å². The number of aryl methyl sites for hydroxylation is 1. The highest BCUT2D eigenvalue weighted by atomic mass is 32.2. The Hall–Kier alpha value is -3.16. The van der Waals surface area contributed by atoms with E-state index in [1.807, 2.05) is 42.5 Å². The molecular weight excluding hydrogens is 388 g/mol. The summed E-state index contributed by atoms with van der Waals surface area (Å²) in [6, 6.07) is 20.2. The highest BCUT2D eigenvalue weighted by Crippen LogP contribution is 2.24. The molecule has 0 heterocycles. The van der Waals surface area contributed by atoms with Gasteiger partial charge in [-0.3, -0.25) is 4.79 Å². The molecule has 3 aromatic rings. The number of rotatable bonds is 6. The third kappa shape index (κ3) is 5.22. The Morgan fingerprint density at radius 1 is 0.966 bits per heavy atom. The van der Waals surface area contributed by atoms with Crippen molar-refractivity contribution in [3.05, 3.63) is 77.9 Å². The second kappa shape index (κ2) is 8.46. The Morgan fingerprint density at radius 2 is 1.59 bits per heavy atom. The average molecular weight is 410 g/mol. The minimum absolute atomic E-state index is 0.0479. The van der Waals surface area contributed by atoms with Crippen molar-refractivity contribution in [2.45, 2.75) is 18.7 Å².